The van der Waals surface area contributed by atoms with Gasteiger partial charge in [-0.1, -0.05) is 168 Å². The molecule has 0 radical (unpaired) electrons. The van der Waals surface area contributed by atoms with Crippen LogP contribution in [0.3, 0.4) is 0 Å². The van der Waals surface area contributed by atoms with Crippen molar-refractivity contribution < 1.29 is 14.7 Å². The van der Waals surface area contributed by atoms with Crippen LogP contribution in [-0.2, 0) is 9.59 Å². The molecule has 0 aliphatic heterocycles. The molecule has 0 spiro atoms. The van der Waals surface area contributed by atoms with Crippen molar-refractivity contribution in [1.82, 2.24) is 5.32 Å². The number of Topliss-reactive ketones (excluding diaryl/α,β-unsaturated/α-hetero) is 2. The van der Waals surface area contributed by atoms with Crippen LogP contribution in [0.25, 0.3) is 0 Å². The van der Waals surface area contributed by atoms with Gasteiger partial charge in [-0.15, -0.1) is 0 Å². The minimum absolute atomic E-state index is 0.0429. The topological polar surface area (TPSA) is 66.4 Å². The third-order valence-corrected chi connectivity index (χ3v) is 8.11. The Labute approximate surface area is 244 Å². The summed E-state index contributed by atoms with van der Waals surface area (Å²) in [5.74, 6) is -0.0858. The second-order valence-electron chi connectivity index (χ2n) is 12.2. The van der Waals surface area contributed by atoms with Gasteiger partial charge in [-0.3, -0.25) is 14.9 Å². The zero-order valence-electron chi connectivity index (χ0n) is 26.7. The molecule has 0 rings (SSSR count). The number of carbonyl (C=O) groups excluding carboxylic acids is 2. The van der Waals surface area contributed by atoms with Crippen LogP contribution in [0, 0.1) is 0 Å². The summed E-state index contributed by atoms with van der Waals surface area (Å²) in [5.41, 5.74) is 0. The Morgan fingerprint density at radius 2 is 0.692 bits per heavy atom. The lowest BCUT2D eigenvalue weighted by Crippen LogP contribution is -2.47. The number of aliphatic hydroxyl groups excluding tert-OH is 1. The average molecular weight is 552 g/mol. The van der Waals surface area contributed by atoms with E-state index in [4.69, 9.17) is 0 Å². The first-order chi connectivity index (χ1) is 19.0. The van der Waals surface area contributed by atoms with E-state index in [1.807, 2.05) is 0 Å². The summed E-state index contributed by atoms with van der Waals surface area (Å²) >= 11 is 0. The maximum absolute atomic E-state index is 12.8. The minimum atomic E-state index is -0.846. The van der Waals surface area contributed by atoms with Gasteiger partial charge in [0.1, 0.15) is 12.3 Å². The maximum Gasteiger partial charge on any atom is 0.157 e. The summed E-state index contributed by atoms with van der Waals surface area (Å²) in [7, 11) is 0. The first-order valence-electron chi connectivity index (χ1n) is 17.5. The monoisotopic (exact) mass is 552 g/mol. The van der Waals surface area contributed by atoms with Crippen molar-refractivity contribution in [2.75, 3.05) is 0 Å². The van der Waals surface area contributed by atoms with Crippen LogP contribution < -0.4 is 5.32 Å². The number of rotatable bonds is 32. The molecular formula is C35H69NO3. The maximum atomic E-state index is 12.8. The van der Waals surface area contributed by atoms with E-state index in [2.05, 4.69) is 19.2 Å². The van der Waals surface area contributed by atoms with Crippen molar-refractivity contribution in [3.8, 4) is 0 Å². The molecule has 232 valence electrons. The lowest BCUT2D eigenvalue weighted by atomic mass is 9.97. The van der Waals surface area contributed by atoms with E-state index in [-0.39, 0.29) is 11.6 Å². The quantitative estimate of drug-likeness (QED) is 0.0496. The number of carbonyl (C=O) groups is 2. The van der Waals surface area contributed by atoms with Crippen molar-refractivity contribution in [2.24, 2.45) is 0 Å². The van der Waals surface area contributed by atoms with E-state index in [1.54, 1.807) is 6.92 Å². The number of hydrogen-bond donors (Lipinski definition) is 2. The Morgan fingerprint density at radius 3 is 0.923 bits per heavy atom. The Balaban J connectivity index is 3.81. The number of aliphatic hydroxyl groups is 1. The zero-order chi connectivity index (χ0) is 28.8. The van der Waals surface area contributed by atoms with Crippen LogP contribution in [0.4, 0.5) is 0 Å². The molecular weight excluding hydrogens is 482 g/mol. The fourth-order valence-corrected chi connectivity index (χ4v) is 5.53. The van der Waals surface area contributed by atoms with Crippen LogP contribution >= 0.6 is 0 Å². The number of ketones is 2. The molecule has 1 atom stereocenters. The highest BCUT2D eigenvalue weighted by Crippen LogP contribution is 2.15. The van der Waals surface area contributed by atoms with Gasteiger partial charge in [-0.2, -0.15) is 0 Å². The minimum Gasteiger partial charge on any atom is -0.379 e. The summed E-state index contributed by atoms with van der Waals surface area (Å²) < 4.78 is 0. The molecule has 0 saturated heterocycles. The average Bonchev–Trinajstić information content (AvgIpc) is 2.92. The van der Waals surface area contributed by atoms with Crippen LogP contribution in [0.1, 0.15) is 201 Å². The van der Waals surface area contributed by atoms with E-state index in [1.165, 1.54) is 141 Å². The van der Waals surface area contributed by atoms with Crippen LogP contribution in [0.15, 0.2) is 0 Å². The molecule has 0 heterocycles. The van der Waals surface area contributed by atoms with Crippen molar-refractivity contribution in [2.45, 2.75) is 213 Å². The highest BCUT2D eigenvalue weighted by Gasteiger charge is 2.26. The number of unbranched alkanes of at least 4 members (excludes halogenated alkanes) is 24. The molecule has 0 fully saturated rings. The smallest absolute Gasteiger partial charge is 0.157 e. The highest BCUT2D eigenvalue weighted by molar-refractivity contribution is 6.06. The molecule has 1 unspecified atom stereocenters. The molecule has 39 heavy (non-hydrogen) atoms. The SMILES string of the molecule is CCCCCCCCCCCCCCCC(=O)C(NC(C)O)C(=O)CCCCCCCCCCCCCCC. The predicted molar refractivity (Wildman–Crippen MR) is 169 cm³/mol. The Hall–Kier alpha value is -0.740. The molecule has 0 saturated carbocycles. The van der Waals surface area contributed by atoms with E-state index >= 15 is 0 Å². The standard InChI is InChI=1S/C35H69NO3/c1-4-6-8-10-12-14-16-18-20-22-24-26-28-30-33(38)35(36-32(3)37)34(39)31-29-27-25-23-21-19-17-15-13-11-9-7-5-2/h32,35-37H,4-31H2,1-3H3. The summed E-state index contributed by atoms with van der Waals surface area (Å²) in [4.78, 5) is 25.5. The lowest BCUT2D eigenvalue weighted by molar-refractivity contribution is -0.131. The van der Waals surface area contributed by atoms with Crippen molar-refractivity contribution in [1.29, 1.82) is 0 Å². The van der Waals surface area contributed by atoms with Crippen LogP contribution in [0.5, 0.6) is 0 Å². The van der Waals surface area contributed by atoms with Crippen LogP contribution in [-0.4, -0.2) is 28.9 Å². The zero-order valence-corrected chi connectivity index (χ0v) is 26.7. The Kier molecular flexibility index (Phi) is 29.7. The molecule has 0 bridgehead atoms. The molecule has 0 aromatic carbocycles. The van der Waals surface area contributed by atoms with E-state index < -0.39 is 12.3 Å². The third kappa shape index (κ3) is 27.2. The molecule has 0 amide bonds. The Morgan fingerprint density at radius 1 is 0.462 bits per heavy atom. The molecule has 4 nitrogen and oxygen atoms in total. The van der Waals surface area contributed by atoms with E-state index in [0.29, 0.717) is 12.8 Å². The fourth-order valence-electron chi connectivity index (χ4n) is 5.53. The summed E-state index contributed by atoms with van der Waals surface area (Å²) in [5, 5.41) is 12.6. The van der Waals surface area contributed by atoms with Crippen molar-refractivity contribution in [3.63, 3.8) is 0 Å². The van der Waals surface area contributed by atoms with Gasteiger partial charge in [0.2, 0.25) is 0 Å². The van der Waals surface area contributed by atoms with Crippen molar-refractivity contribution in [3.05, 3.63) is 0 Å². The molecule has 0 aromatic rings. The summed E-state index contributed by atoms with van der Waals surface area (Å²) in [6, 6.07) is -0.834. The van der Waals surface area contributed by atoms with E-state index in [9.17, 15) is 14.7 Å². The van der Waals surface area contributed by atoms with Gasteiger partial charge in [-0.25, -0.2) is 0 Å². The number of hydrogen-bond acceptors (Lipinski definition) is 4. The van der Waals surface area contributed by atoms with Gasteiger partial charge in [0.25, 0.3) is 0 Å². The van der Waals surface area contributed by atoms with E-state index in [0.717, 1.165) is 25.7 Å². The molecule has 0 aromatic heterocycles. The van der Waals surface area contributed by atoms with Gasteiger partial charge >= 0.3 is 0 Å². The largest absolute Gasteiger partial charge is 0.379 e. The molecule has 2 N–H and O–H groups in total. The third-order valence-electron chi connectivity index (χ3n) is 8.11. The first kappa shape index (κ1) is 38.3. The predicted octanol–water partition coefficient (Wildman–Crippen LogP) is 10.4. The van der Waals surface area contributed by atoms with Crippen molar-refractivity contribution >= 4 is 11.6 Å². The summed E-state index contributed by atoms with van der Waals surface area (Å²) in [6.45, 7) is 6.12. The van der Waals surface area contributed by atoms with Gasteiger partial charge in [0.05, 0.1) is 0 Å². The molecule has 0 aliphatic rings. The molecule has 0 aliphatic carbocycles. The van der Waals surface area contributed by atoms with Gasteiger partial charge < -0.3 is 5.11 Å². The normalized spacial score (nSPS) is 12.3. The van der Waals surface area contributed by atoms with Gasteiger partial charge in [0, 0.05) is 12.8 Å². The second-order valence-corrected chi connectivity index (χ2v) is 12.2. The highest BCUT2D eigenvalue weighted by atomic mass is 16.3. The summed E-state index contributed by atoms with van der Waals surface area (Å²) in [6.07, 6.45) is 33.2. The van der Waals surface area contributed by atoms with Gasteiger partial charge in [0.15, 0.2) is 11.6 Å². The van der Waals surface area contributed by atoms with Gasteiger partial charge in [-0.05, 0) is 19.8 Å². The Bertz CT molecular complexity index is 492. The lowest BCUT2D eigenvalue weighted by Gasteiger charge is -2.18. The molecule has 4 heteroatoms. The van der Waals surface area contributed by atoms with Crippen LogP contribution in [0.2, 0.25) is 0 Å². The second kappa shape index (κ2) is 30.2. The number of nitrogens with one attached hydrogen (secondary N) is 1. The first-order valence-corrected chi connectivity index (χ1v) is 17.5. The fraction of sp³-hybridized carbons (Fsp3) is 0.943.